The number of aromatic nitrogens is 1. The zero-order chi connectivity index (χ0) is 48.4. The lowest BCUT2D eigenvalue weighted by Crippen LogP contribution is -2.60. The van der Waals surface area contributed by atoms with E-state index in [1.54, 1.807) is 0 Å². The second-order valence-corrected chi connectivity index (χ2v) is 26.5. The third-order valence-corrected chi connectivity index (χ3v) is 17.7. The van der Waals surface area contributed by atoms with Gasteiger partial charge in [-0.1, -0.05) is 158 Å². The van der Waals surface area contributed by atoms with E-state index in [2.05, 4.69) is 222 Å². The Morgan fingerprint density at radius 1 is 0.522 bits per heavy atom. The molecule has 0 unspecified atom stereocenters. The Labute approximate surface area is 410 Å². The van der Waals surface area contributed by atoms with Gasteiger partial charge in [-0.05, 0) is 161 Å². The van der Waals surface area contributed by atoms with Gasteiger partial charge in [-0.25, -0.2) is 0 Å². The number of rotatable bonds is 1. The molecule has 69 heavy (non-hydrogen) atoms. The molecule has 0 saturated carbocycles. The van der Waals surface area contributed by atoms with E-state index < -0.39 is 0 Å². The van der Waals surface area contributed by atoms with E-state index in [9.17, 15) is 0 Å². The van der Waals surface area contributed by atoms with Gasteiger partial charge in [0.2, 0.25) is 0 Å². The number of benzene rings is 7. The maximum atomic E-state index is 7.32. The van der Waals surface area contributed by atoms with Crippen LogP contribution >= 0.6 is 0 Å². The molecule has 4 aliphatic rings. The molecule has 2 aliphatic heterocycles. The maximum absolute atomic E-state index is 7.32. The van der Waals surface area contributed by atoms with E-state index in [0.29, 0.717) is 0 Å². The summed E-state index contributed by atoms with van der Waals surface area (Å²) in [7, 11) is 0. The Kier molecular flexibility index (Phi) is 8.26. The van der Waals surface area contributed by atoms with Crippen molar-refractivity contribution in [3.8, 4) is 27.9 Å². The highest BCUT2D eigenvalue weighted by Crippen LogP contribution is 2.59. The van der Waals surface area contributed by atoms with Crippen molar-refractivity contribution >= 4 is 72.9 Å². The largest absolute Gasteiger partial charge is 0.455 e. The van der Waals surface area contributed by atoms with Crippen LogP contribution in [0.5, 0.6) is 0 Å². The fourth-order valence-electron chi connectivity index (χ4n) is 13.4. The molecule has 0 amide bonds. The third-order valence-electron chi connectivity index (χ3n) is 17.7. The summed E-state index contributed by atoms with van der Waals surface area (Å²) < 4.78 is 9.94. The van der Waals surface area contributed by atoms with Crippen LogP contribution in [-0.4, -0.2) is 11.4 Å². The monoisotopic (exact) mass is 903 g/mol. The first-order valence-corrected chi connectivity index (χ1v) is 25.8. The predicted octanol–water partition coefficient (Wildman–Crippen LogP) is 16.5. The minimum Gasteiger partial charge on any atom is -0.455 e. The Morgan fingerprint density at radius 2 is 1.12 bits per heavy atom. The lowest BCUT2D eigenvalue weighted by Gasteiger charge is -2.43. The van der Waals surface area contributed by atoms with Crippen LogP contribution in [0.3, 0.4) is 0 Å². The van der Waals surface area contributed by atoms with Crippen molar-refractivity contribution in [1.29, 1.82) is 0 Å². The van der Waals surface area contributed by atoms with E-state index in [1.807, 2.05) is 0 Å². The van der Waals surface area contributed by atoms with Crippen molar-refractivity contribution < 1.29 is 4.42 Å². The van der Waals surface area contributed by atoms with Crippen molar-refractivity contribution in [3.63, 3.8) is 0 Å². The van der Waals surface area contributed by atoms with Crippen molar-refractivity contribution in [2.45, 2.75) is 149 Å². The molecule has 2 aliphatic carbocycles. The average molecular weight is 903 g/mol. The summed E-state index contributed by atoms with van der Waals surface area (Å²) in [5.41, 5.74) is 26.1. The normalized spacial score (nSPS) is 17.4. The molecule has 3 nitrogen and oxygen atoms in total. The lowest BCUT2D eigenvalue weighted by molar-refractivity contribution is 0.331. The molecule has 0 N–H and O–H groups in total. The van der Waals surface area contributed by atoms with Crippen LogP contribution in [0.15, 0.2) is 114 Å². The molecule has 0 bridgehead atoms. The first-order chi connectivity index (χ1) is 32.4. The third kappa shape index (κ3) is 5.69. The van der Waals surface area contributed by atoms with Gasteiger partial charge in [0.05, 0.1) is 16.4 Å². The van der Waals surface area contributed by atoms with Crippen LogP contribution in [-0.2, 0) is 32.5 Å². The first-order valence-electron chi connectivity index (χ1n) is 25.8. The number of nitrogens with zero attached hydrogens (tertiary/aromatic N) is 2. The van der Waals surface area contributed by atoms with Crippen LogP contribution in [0.25, 0.3) is 71.7 Å². The SMILES string of the molecule is CC(C)(C)c1ccc(N2B3c4cc(C(C)(C)C)ccc4-n4c5ccc(C(C)(C)C)cc5c5c6oc7ccccc7c6c(c3c54)-c3cc4c(cc32)C(C)(C)c2cc3c(cc2-4)C(C)(C)CCC3(C)C)cc1. The van der Waals surface area contributed by atoms with E-state index in [0.717, 1.165) is 11.2 Å². The molecule has 13 rings (SSSR count). The standard InChI is InChI=1S/C65H67BN2O/c1-60(2,3)36-20-24-39(25-21-36)68-52-35-46-41(42-33-47-48(34-45(42)65(46,14)15)64(12,13)29-28-63(47,10)11)32-44(52)54-55-40-18-16-17-19-53(40)69-59(55)56-43-30-37(61(4,5)6)22-26-50(43)67-51-27-23-38(62(7,8)9)31-49(51)66(68)57(54)58(56)67/h16-27,30-35H,28-29H2,1-15H3. The topological polar surface area (TPSA) is 21.3 Å². The van der Waals surface area contributed by atoms with Crippen LogP contribution in [0, 0.1) is 0 Å². The highest BCUT2D eigenvalue weighted by Gasteiger charge is 2.49. The smallest absolute Gasteiger partial charge is 0.333 e. The summed E-state index contributed by atoms with van der Waals surface area (Å²) in [5, 5.41) is 4.87. The zero-order valence-electron chi connectivity index (χ0n) is 43.7. The van der Waals surface area contributed by atoms with Crippen LogP contribution in [0.4, 0.5) is 11.4 Å². The molecule has 4 heterocycles. The molecular formula is C65H67BN2O. The van der Waals surface area contributed by atoms with Gasteiger partial charge in [-0.15, -0.1) is 0 Å². The van der Waals surface area contributed by atoms with E-state index in [-0.39, 0.29) is 39.3 Å². The number of hydrogen-bond acceptors (Lipinski definition) is 2. The first kappa shape index (κ1) is 43.1. The van der Waals surface area contributed by atoms with Crippen LogP contribution < -0.4 is 15.7 Å². The fourth-order valence-corrected chi connectivity index (χ4v) is 13.4. The van der Waals surface area contributed by atoms with Gasteiger partial charge in [0.1, 0.15) is 11.2 Å². The summed E-state index contributed by atoms with van der Waals surface area (Å²) in [6.45, 7) is 35.8. The molecule has 0 fully saturated rings. The average Bonchev–Trinajstić information content (AvgIpc) is 3.91. The van der Waals surface area contributed by atoms with E-state index in [1.165, 1.54) is 135 Å². The molecule has 0 atom stereocenters. The molecule has 4 heteroatoms. The van der Waals surface area contributed by atoms with Crippen molar-refractivity contribution in [1.82, 2.24) is 4.57 Å². The van der Waals surface area contributed by atoms with Gasteiger partial charge >= 0.3 is 6.85 Å². The van der Waals surface area contributed by atoms with Crippen LogP contribution in [0.1, 0.15) is 156 Å². The zero-order valence-corrected chi connectivity index (χ0v) is 43.7. The minimum absolute atomic E-state index is 0.0237. The van der Waals surface area contributed by atoms with Gasteiger partial charge in [-0.3, -0.25) is 0 Å². The van der Waals surface area contributed by atoms with Gasteiger partial charge in [0.15, 0.2) is 0 Å². The second kappa shape index (κ2) is 13.2. The Hall–Kier alpha value is -6.00. The Bertz CT molecular complexity index is 3750. The lowest BCUT2D eigenvalue weighted by atomic mass is 9.43. The van der Waals surface area contributed by atoms with Crippen LogP contribution in [0.2, 0.25) is 0 Å². The second-order valence-electron chi connectivity index (χ2n) is 26.5. The fraction of sp³-hybridized carbons (Fsp3) is 0.354. The van der Waals surface area contributed by atoms with Crippen molar-refractivity contribution in [2.75, 3.05) is 4.81 Å². The Morgan fingerprint density at radius 3 is 1.80 bits per heavy atom. The molecule has 9 aromatic rings. The molecule has 2 aromatic heterocycles. The Balaban J connectivity index is 1.24. The molecule has 7 aromatic carbocycles. The van der Waals surface area contributed by atoms with Gasteiger partial charge in [0.25, 0.3) is 0 Å². The van der Waals surface area contributed by atoms with E-state index in [4.69, 9.17) is 4.42 Å². The molecule has 0 saturated heterocycles. The van der Waals surface area contributed by atoms with Crippen molar-refractivity contribution in [2.24, 2.45) is 0 Å². The maximum Gasteiger partial charge on any atom is 0.333 e. The van der Waals surface area contributed by atoms with Gasteiger partial charge < -0.3 is 13.8 Å². The number of furan rings is 1. The summed E-state index contributed by atoms with van der Waals surface area (Å²) in [6, 6.07) is 43.6. The highest BCUT2D eigenvalue weighted by atomic mass is 16.3. The van der Waals surface area contributed by atoms with Crippen molar-refractivity contribution in [3.05, 3.63) is 148 Å². The van der Waals surface area contributed by atoms with E-state index >= 15 is 0 Å². The van der Waals surface area contributed by atoms with Gasteiger partial charge in [-0.2, -0.15) is 0 Å². The minimum atomic E-state index is -0.211. The predicted molar refractivity (Wildman–Crippen MR) is 296 cm³/mol. The summed E-state index contributed by atoms with van der Waals surface area (Å²) in [4.78, 5) is 2.75. The highest BCUT2D eigenvalue weighted by molar-refractivity contribution is 6.94. The summed E-state index contributed by atoms with van der Waals surface area (Å²) in [5.74, 6) is 0. The number of hydrogen-bond donors (Lipinski definition) is 0. The molecule has 346 valence electrons. The number of para-hydroxylation sites is 1. The quantitative estimate of drug-likeness (QED) is 0.153. The number of fused-ring (bicyclic) bond motifs is 17. The molecule has 0 radical (unpaired) electrons. The molecule has 0 spiro atoms. The number of anilines is 2. The summed E-state index contributed by atoms with van der Waals surface area (Å²) in [6.07, 6.45) is 2.39. The summed E-state index contributed by atoms with van der Waals surface area (Å²) >= 11 is 0. The molecular weight excluding hydrogens is 836 g/mol. The van der Waals surface area contributed by atoms with Gasteiger partial charge in [0, 0.05) is 44.2 Å².